The van der Waals surface area contributed by atoms with E-state index in [0.29, 0.717) is 13.0 Å². The Morgan fingerprint density at radius 2 is 2.06 bits per heavy atom. The number of halogens is 2. The lowest BCUT2D eigenvalue weighted by Crippen LogP contribution is -2.54. The number of amides is 2. The van der Waals surface area contributed by atoms with Crippen molar-refractivity contribution in [1.29, 1.82) is 0 Å². The predicted molar refractivity (Wildman–Crippen MR) is 118 cm³/mol. The fourth-order valence-corrected chi connectivity index (χ4v) is 3.49. The number of carbonyl (C=O) groups excluding carboxylic acids is 2. The van der Waals surface area contributed by atoms with E-state index in [-0.39, 0.29) is 41.1 Å². The van der Waals surface area contributed by atoms with Gasteiger partial charge in [0.1, 0.15) is 18.0 Å². The maximum atomic E-state index is 14.0. The number of fused-ring (bicyclic) bond motifs is 1. The number of carbonyl (C=O) groups is 2. The highest BCUT2D eigenvalue weighted by atomic mass is 35.5. The van der Waals surface area contributed by atoms with Crippen molar-refractivity contribution in [3.05, 3.63) is 62.3 Å². The monoisotopic (exact) mass is 465 g/mol. The molecular weight excluding hydrogens is 441 g/mol. The van der Waals surface area contributed by atoms with E-state index in [1.807, 2.05) is 14.0 Å². The number of hydrogen-bond acceptors (Lipinski definition) is 6. The predicted octanol–water partition coefficient (Wildman–Crippen LogP) is 1.26. The first-order chi connectivity index (χ1) is 15.1. The third-order valence-electron chi connectivity index (χ3n) is 5.41. The fraction of sp³-hybridized carbons (Fsp3) is 0.381. The Morgan fingerprint density at radius 1 is 1.34 bits per heavy atom. The molecule has 0 spiro atoms. The average Bonchev–Trinajstić information content (AvgIpc) is 2.76. The van der Waals surface area contributed by atoms with Gasteiger partial charge in [0.2, 0.25) is 5.43 Å². The number of rotatable bonds is 7. The van der Waals surface area contributed by atoms with Crippen LogP contribution >= 0.6 is 11.6 Å². The molecule has 1 aromatic heterocycles. The van der Waals surface area contributed by atoms with Gasteiger partial charge in [0, 0.05) is 43.0 Å². The maximum Gasteiger partial charge on any atom is 0.277 e. The summed E-state index contributed by atoms with van der Waals surface area (Å²) >= 11 is 5.73. The Bertz CT molecular complexity index is 1110. The SMILES string of the molecule is CN[C@H](C)CCN1CN(C)C(=O)c2c(O)c(=O)c(C(=O)NCc3ccc(Cl)cc3F)cn21. The normalized spacial score (nSPS) is 14.3. The van der Waals surface area contributed by atoms with Crippen molar-refractivity contribution in [3.63, 3.8) is 0 Å². The van der Waals surface area contributed by atoms with Crippen molar-refractivity contribution < 1.29 is 19.1 Å². The van der Waals surface area contributed by atoms with Gasteiger partial charge in [-0.2, -0.15) is 0 Å². The molecule has 1 aromatic carbocycles. The van der Waals surface area contributed by atoms with E-state index in [1.165, 1.54) is 27.9 Å². The number of hydrogen-bond donors (Lipinski definition) is 3. The van der Waals surface area contributed by atoms with Crippen LogP contribution in [0.3, 0.4) is 0 Å². The zero-order chi connectivity index (χ0) is 23.6. The van der Waals surface area contributed by atoms with Crippen molar-refractivity contribution in [2.45, 2.75) is 25.9 Å². The summed E-state index contributed by atoms with van der Waals surface area (Å²) in [7, 11) is 3.39. The number of aromatic nitrogens is 1. The lowest BCUT2D eigenvalue weighted by molar-refractivity contribution is 0.0730. The van der Waals surface area contributed by atoms with Gasteiger partial charge in [-0.3, -0.25) is 24.1 Å². The molecule has 32 heavy (non-hydrogen) atoms. The first-order valence-electron chi connectivity index (χ1n) is 10.0. The molecule has 0 saturated carbocycles. The van der Waals surface area contributed by atoms with Crippen LogP contribution in [0.4, 0.5) is 4.39 Å². The third kappa shape index (κ3) is 4.71. The van der Waals surface area contributed by atoms with E-state index < -0.39 is 28.8 Å². The summed E-state index contributed by atoms with van der Waals surface area (Å²) in [6.07, 6.45) is 1.95. The van der Waals surface area contributed by atoms with E-state index in [1.54, 1.807) is 12.1 Å². The van der Waals surface area contributed by atoms with Crippen LogP contribution in [-0.4, -0.2) is 59.8 Å². The van der Waals surface area contributed by atoms with Crippen LogP contribution in [0.5, 0.6) is 5.75 Å². The molecule has 2 aromatic rings. The van der Waals surface area contributed by atoms with E-state index in [0.717, 1.165) is 6.07 Å². The van der Waals surface area contributed by atoms with E-state index in [2.05, 4.69) is 10.6 Å². The minimum absolute atomic E-state index is 0.185. The highest BCUT2D eigenvalue weighted by Gasteiger charge is 2.32. The van der Waals surface area contributed by atoms with Crippen LogP contribution in [0, 0.1) is 5.82 Å². The number of pyridine rings is 1. The summed E-state index contributed by atoms with van der Waals surface area (Å²) in [5.74, 6) is -2.74. The van der Waals surface area contributed by atoms with Gasteiger partial charge in [0.25, 0.3) is 11.8 Å². The Hall–Kier alpha value is -3.11. The summed E-state index contributed by atoms with van der Waals surface area (Å²) in [4.78, 5) is 39.4. The van der Waals surface area contributed by atoms with Crippen molar-refractivity contribution in [2.24, 2.45) is 0 Å². The van der Waals surface area contributed by atoms with E-state index in [4.69, 9.17) is 11.6 Å². The number of benzene rings is 1. The molecule has 1 aliphatic rings. The first-order valence-corrected chi connectivity index (χ1v) is 10.4. The molecule has 3 N–H and O–H groups in total. The lowest BCUT2D eigenvalue weighted by Gasteiger charge is -2.38. The molecule has 0 fully saturated rings. The molecular formula is C21H25ClFN5O4. The van der Waals surface area contributed by atoms with Gasteiger partial charge in [0.15, 0.2) is 11.4 Å². The first kappa shape index (κ1) is 23.6. The molecule has 0 unspecified atom stereocenters. The summed E-state index contributed by atoms with van der Waals surface area (Å²) in [5, 5.41) is 18.1. The van der Waals surface area contributed by atoms with Crippen LogP contribution in [0.25, 0.3) is 0 Å². The highest BCUT2D eigenvalue weighted by Crippen LogP contribution is 2.21. The second-order valence-corrected chi connectivity index (χ2v) is 8.12. The molecule has 11 heteroatoms. The van der Waals surface area contributed by atoms with Gasteiger partial charge in [-0.1, -0.05) is 17.7 Å². The third-order valence-corrected chi connectivity index (χ3v) is 5.64. The average molecular weight is 466 g/mol. The summed E-state index contributed by atoms with van der Waals surface area (Å²) in [6, 6.07) is 4.22. The zero-order valence-electron chi connectivity index (χ0n) is 18.0. The standard InChI is InChI=1S/C21H25ClFN5O4/c1-12(24-2)6-7-27-11-26(3)21(32)17-19(30)18(29)15(10-28(17)27)20(31)25-9-13-4-5-14(22)8-16(13)23/h4-5,8,10,12,24,30H,6-7,9,11H2,1-3H3,(H,25,31)/t12-/m1/s1. The van der Waals surface area contributed by atoms with Crippen LogP contribution in [0.15, 0.2) is 29.2 Å². The molecule has 9 nitrogen and oxygen atoms in total. The number of aromatic hydroxyl groups is 1. The molecule has 0 bridgehead atoms. The second-order valence-electron chi connectivity index (χ2n) is 7.69. The van der Waals surface area contributed by atoms with Gasteiger partial charge in [-0.15, -0.1) is 0 Å². The Balaban J connectivity index is 1.92. The van der Waals surface area contributed by atoms with Gasteiger partial charge < -0.3 is 20.6 Å². The van der Waals surface area contributed by atoms with Crippen molar-refractivity contribution in [2.75, 3.05) is 32.3 Å². The highest BCUT2D eigenvalue weighted by molar-refractivity contribution is 6.30. The molecule has 3 rings (SSSR count). The van der Waals surface area contributed by atoms with Gasteiger partial charge in [-0.05, 0) is 32.5 Å². The van der Waals surface area contributed by atoms with Crippen molar-refractivity contribution in [1.82, 2.24) is 20.2 Å². The minimum atomic E-state index is -0.975. The topological polar surface area (TPSA) is 107 Å². The molecule has 1 atom stereocenters. The van der Waals surface area contributed by atoms with Crippen LogP contribution in [-0.2, 0) is 6.54 Å². The van der Waals surface area contributed by atoms with Crippen LogP contribution in [0.2, 0.25) is 5.02 Å². The molecule has 0 radical (unpaired) electrons. The molecule has 172 valence electrons. The fourth-order valence-electron chi connectivity index (χ4n) is 3.33. The van der Waals surface area contributed by atoms with Gasteiger partial charge in [0.05, 0.1) is 0 Å². The molecule has 2 heterocycles. The largest absolute Gasteiger partial charge is 0.502 e. The van der Waals surface area contributed by atoms with Gasteiger partial charge in [-0.25, -0.2) is 4.39 Å². The minimum Gasteiger partial charge on any atom is -0.502 e. The Morgan fingerprint density at radius 3 is 2.72 bits per heavy atom. The summed E-state index contributed by atoms with van der Waals surface area (Å²) in [6.45, 7) is 2.51. The van der Waals surface area contributed by atoms with Crippen LogP contribution in [0.1, 0.15) is 39.8 Å². The van der Waals surface area contributed by atoms with Crippen LogP contribution < -0.4 is 21.1 Å². The number of nitrogens with zero attached hydrogens (tertiary/aromatic N) is 3. The molecule has 0 saturated heterocycles. The Labute approximate surface area is 189 Å². The van der Waals surface area contributed by atoms with E-state index in [9.17, 15) is 23.9 Å². The van der Waals surface area contributed by atoms with Crippen molar-refractivity contribution >= 4 is 23.4 Å². The molecule has 0 aliphatic carbocycles. The second kappa shape index (κ2) is 9.58. The smallest absolute Gasteiger partial charge is 0.277 e. The summed E-state index contributed by atoms with van der Waals surface area (Å²) in [5.41, 5.74) is -1.35. The summed E-state index contributed by atoms with van der Waals surface area (Å²) < 4.78 is 15.3. The lowest BCUT2D eigenvalue weighted by atomic mass is 10.1. The quantitative estimate of drug-likeness (QED) is 0.568. The zero-order valence-corrected chi connectivity index (χ0v) is 18.7. The molecule has 2 amide bonds. The van der Waals surface area contributed by atoms with E-state index >= 15 is 0 Å². The van der Waals surface area contributed by atoms with Gasteiger partial charge >= 0.3 is 0 Å². The number of nitrogens with one attached hydrogen (secondary N) is 2. The Kier molecular flexibility index (Phi) is 7.05. The van der Waals surface area contributed by atoms with Crippen molar-refractivity contribution in [3.8, 4) is 5.75 Å². The molecule has 1 aliphatic heterocycles. The maximum absolute atomic E-state index is 14.0.